The Kier molecular flexibility index (Phi) is 9.68. The molecule has 0 spiro atoms. The first-order valence-electron chi connectivity index (χ1n) is 9.81. The maximum absolute atomic E-state index is 12.5. The molecule has 0 atom stereocenters. The lowest BCUT2D eigenvalue weighted by Crippen LogP contribution is -2.50. The predicted octanol–water partition coefficient (Wildman–Crippen LogP) is 5.35. The minimum absolute atomic E-state index is 0.0388. The van der Waals surface area contributed by atoms with E-state index < -0.39 is 5.54 Å². The predicted molar refractivity (Wildman–Crippen MR) is 113 cm³/mol. The van der Waals surface area contributed by atoms with Crippen molar-refractivity contribution in [1.82, 2.24) is 4.90 Å². The number of para-hydroxylation sites is 1. The normalized spacial score (nSPS) is 14.4. The average Bonchev–Trinajstić information content (AvgIpc) is 2.78. The summed E-state index contributed by atoms with van der Waals surface area (Å²) in [7, 11) is 0. The van der Waals surface area contributed by atoms with Gasteiger partial charge in [-0.2, -0.15) is 5.26 Å². The second kappa shape index (κ2) is 11.7. The summed E-state index contributed by atoms with van der Waals surface area (Å²) in [6.07, 6.45) is 1.24. The van der Waals surface area contributed by atoms with Gasteiger partial charge in [0.25, 0.3) is 5.91 Å². The van der Waals surface area contributed by atoms with E-state index in [1.54, 1.807) is 0 Å². The zero-order chi connectivity index (χ0) is 20.1. The lowest BCUT2D eigenvalue weighted by atomic mass is 9.88. The molecule has 1 fully saturated rings. The first-order valence-corrected chi connectivity index (χ1v) is 9.81. The van der Waals surface area contributed by atoms with Crippen LogP contribution in [0.4, 0.5) is 5.69 Å². The number of piperidine rings is 1. The van der Waals surface area contributed by atoms with Crippen molar-refractivity contribution in [2.24, 2.45) is 0 Å². The van der Waals surface area contributed by atoms with Gasteiger partial charge in [-0.15, -0.1) is 0 Å². The summed E-state index contributed by atoms with van der Waals surface area (Å²) in [4.78, 5) is 14.3. The second-order valence-corrected chi connectivity index (χ2v) is 5.84. The van der Waals surface area contributed by atoms with Crippen LogP contribution in [0.25, 0.3) is 0 Å². The number of anilines is 1. The molecule has 0 aliphatic carbocycles. The third kappa shape index (κ3) is 6.14. The van der Waals surface area contributed by atoms with Crippen molar-refractivity contribution in [3.8, 4) is 6.07 Å². The largest absolute Gasteiger partial charge is 0.367 e. The van der Waals surface area contributed by atoms with Crippen molar-refractivity contribution in [2.45, 2.75) is 46.1 Å². The quantitative estimate of drug-likeness (QED) is 0.798. The topological polar surface area (TPSA) is 56.1 Å². The van der Waals surface area contributed by atoms with Gasteiger partial charge in [0.1, 0.15) is 5.54 Å². The van der Waals surface area contributed by atoms with Gasteiger partial charge < -0.3 is 10.2 Å². The van der Waals surface area contributed by atoms with E-state index in [9.17, 15) is 10.1 Å². The van der Waals surface area contributed by atoms with Gasteiger partial charge in [-0.05, 0) is 24.3 Å². The lowest BCUT2D eigenvalue weighted by Gasteiger charge is -2.38. The Balaban J connectivity index is 0.000000855. The Morgan fingerprint density at radius 2 is 1.41 bits per heavy atom. The van der Waals surface area contributed by atoms with Crippen LogP contribution in [0.3, 0.4) is 0 Å². The number of amides is 1. The molecule has 4 nitrogen and oxygen atoms in total. The molecule has 27 heavy (non-hydrogen) atoms. The highest BCUT2D eigenvalue weighted by Crippen LogP contribution is 2.27. The van der Waals surface area contributed by atoms with Crippen LogP contribution in [0.1, 0.15) is 50.9 Å². The van der Waals surface area contributed by atoms with Gasteiger partial charge in [-0.3, -0.25) is 4.79 Å². The molecule has 0 aromatic heterocycles. The van der Waals surface area contributed by atoms with Crippen molar-refractivity contribution in [1.29, 1.82) is 5.26 Å². The number of hydrogen-bond acceptors (Lipinski definition) is 3. The van der Waals surface area contributed by atoms with Crippen LogP contribution in [0, 0.1) is 11.3 Å². The van der Waals surface area contributed by atoms with E-state index in [-0.39, 0.29) is 5.91 Å². The first-order chi connectivity index (χ1) is 13.2. The fourth-order valence-corrected chi connectivity index (χ4v) is 2.92. The summed E-state index contributed by atoms with van der Waals surface area (Å²) in [6.45, 7) is 9.17. The van der Waals surface area contributed by atoms with Crippen molar-refractivity contribution < 1.29 is 4.79 Å². The molecule has 3 rings (SSSR count). The Hall–Kier alpha value is -2.80. The van der Waals surface area contributed by atoms with Crippen LogP contribution < -0.4 is 5.32 Å². The molecule has 2 aromatic carbocycles. The number of rotatable bonds is 3. The number of hydrogen-bond donors (Lipinski definition) is 1. The van der Waals surface area contributed by atoms with E-state index in [1.165, 1.54) is 0 Å². The number of nitrogens with zero attached hydrogens (tertiary/aromatic N) is 2. The highest BCUT2D eigenvalue weighted by atomic mass is 16.2. The molecule has 1 amide bonds. The van der Waals surface area contributed by atoms with E-state index in [1.807, 2.05) is 93.3 Å². The molecule has 1 heterocycles. The standard InChI is InChI=1S/C19H19N3O.2C2H6/c20-15-19(21-17-9-5-2-6-10-17)11-13-22(14-12-19)18(23)16-7-3-1-4-8-16;2*1-2/h1-10,21H,11-14H2;2*1-2H3. The fraction of sp³-hybridized carbons (Fsp3) is 0.391. The van der Waals surface area contributed by atoms with Crippen molar-refractivity contribution in [3.63, 3.8) is 0 Å². The number of nitriles is 1. The zero-order valence-corrected chi connectivity index (χ0v) is 16.9. The zero-order valence-electron chi connectivity index (χ0n) is 16.9. The molecule has 1 aliphatic rings. The Morgan fingerprint density at radius 1 is 0.926 bits per heavy atom. The molecule has 2 aromatic rings. The summed E-state index contributed by atoms with van der Waals surface area (Å²) < 4.78 is 0. The number of benzene rings is 2. The molecular formula is C23H31N3O. The Labute approximate surface area is 163 Å². The molecule has 0 radical (unpaired) electrons. The smallest absolute Gasteiger partial charge is 0.253 e. The van der Waals surface area contributed by atoms with Gasteiger partial charge >= 0.3 is 0 Å². The molecule has 4 heteroatoms. The summed E-state index contributed by atoms with van der Waals surface area (Å²) in [5.41, 5.74) is 1.04. The van der Waals surface area contributed by atoms with E-state index in [4.69, 9.17) is 0 Å². The molecule has 1 aliphatic heterocycles. The van der Waals surface area contributed by atoms with Gasteiger partial charge in [0.2, 0.25) is 0 Å². The summed E-state index contributed by atoms with van der Waals surface area (Å²) in [6, 6.07) is 21.5. The molecule has 1 saturated heterocycles. The molecule has 144 valence electrons. The van der Waals surface area contributed by atoms with Gasteiger partial charge in [0.05, 0.1) is 6.07 Å². The Morgan fingerprint density at radius 3 is 1.89 bits per heavy atom. The average molecular weight is 366 g/mol. The van der Waals surface area contributed by atoms with Gasteiger partial charge in [0, 0.05) is 37.2 Å². The van der Waals surface area contributed by atoms with Gasteiger partial charge in [-0.1, -0.05) is 64.1 Å². The molecular weight excluding hydrogens is 334 g/mol. The van der Waals surface area contributed by atoms with Crippen LogP contribution in [-0.2, 0) is 0 Å². The Bertz CT molecular complexity index is 699. The molecule has 0 saturated carbocycles. The van der Waals surface area contributed by atoms with E-state index >= 15 is 0 Å². The van der Waals surface area contributed by atoms with Crippen molar-refractivity contribution >= 4 is 11.6 Å². The van der Waals surface area contributed by atoms with E-state index in [2.05, 4.69) is 11.4 Å². The lowest BCUT2D eigenvalue weighted by molar-refractivity contribution is 0.0702. The third-order valence-corrected chi connectivity index (χ3v) is 4.30. The van der Waals surface area contributed by atoms with Crippen LogP contribution in [0.15, 0.2) is 60.7 Å². The number of likely N-dealkylation sites (tertiary alicyclic amines) is 1. The summed E-state index contributed by atoms with van der Waals surface area (Å²) in [5, 5.41) is 13.0. The number of nitrogens with one attached hydrogen (secondary N) is 1. The van der Waals surface area contributed by atoms with Crippen LogP contribution in [0.2, 0.25) is 0 Å². The maximum atomic E-state index is 12.5. The first kappa shape index (κ1) is 22.2. The maximum Gasteiger partial charge on any atom is 0.253 e. The molecule has 0 unspecified atom stereocenters. The highest BCUT2D eigenvalue weighted by Gasteiger charge is 2.36. The van der Waals surface area contributed by atoms with E-state index in [0.717, 1.165) is 5.69 Å². The van der Waals surface area contributed by atoms with Crippen LogP contribution in [-0.4, -0.2) is 29.4 Å². The minimum atomic E-state index is -0.602. The summed E-state index contributed by atoms with van der Waals surface area (Å²) in [5.74, 6) is 0.0388. The third-order valence-electron chi connectivity index (χ3n) is 4.30. The molecule has 1 N–H and O–H groups in total. The number of carbonyl (C=O) groups excluding carboxylic acids is 1. The summed E-state index contributed by atoms with van der Waals surface area (Å²) >= 11 is 0. The minimum Gasteiger partial charge on any atom is -0.367 e. The monoisotopic (exact) mass is 365 g/mol. The van der Waals surface area contributed by atoms with E-state index in [0.29, 0.717) is 31.5 Å². The van der Waals surface area contributed by atoms with Crippen molar-refractivity contribution in [3.05, 3.63) is 66.2 Å². The van der Waals surface area contributed by atoms with Crippen LogP contribution in [0.5, 0.6) is 0 Å². The number of carbonyl (C=O) groups is 1. The molecule has 0 bridgehead atoms. The highest BCUT2D eigenvalue weighted by molar-refractivity contribution is 5.94. The van der Waals surface area contributed by atoms with Gasteiger partial charge in [-0.25, -0.2) is 0 Å². The van der Waals surface area contributed by atoms with Crippen molar-refractivity contribution in [2.75, 3.05) is 18.4 Å². The SMILES string of the molecule is CC.CC.N#CC1(Nc2ccccc2)CCN(C(=O)c2ccccc2)CC1. The fourth-order valence-electron chi connectivity index (χ4n) is 2.92. The second-order valence-electron chi connectivity index (χ2n) is 5.84. The van der Waals surface area contributed by atoms with Gasteiger partial charge in [0.15, 0.2) is 0 Å². The van der Waals surface area contributed by atoms with Crippen LogP contribution >= 0.6 is 0 Å².